The topological polar surface area (TPSA) is 81.2 Å². The summed E-state index contributed by atoms with van der Waals surface area (Å²) in [7, 11) is 0. The molecule has 3 rings (SSSR count). The monoisotopic (exact) mass is 311 g/mol. The first-order valence-electron chi connectivity index (χ1n) is 7.46. The first-order chi connectivity index (χ1) is 11.2. The van der Waals surface area contributed by atoms with Gasteiger partial charge in [-0.05, 0) is 36.8 Å². The van der Waals surface area contributed by atoms with Crippen LogP contribution in [0.1, 0.15) is 20.3 Å². The Balaban J connectivity index is 1.81. The van der Waals surface area contributed by atoms with Crippen LogP contribution in [0.5, 0.6) is 0 Å². The lowest BCUT2D eigenvalue weighted by Crippen LogP contribution is -2.19. The number of carbonyl (C=O) groups is 1. The average Bonchev–Trinajstić information content (AvgIpc) is 3.25. The zero-order valence-electron chi connectivity index (χ0n) is 12.9. The van der Waals surface area contributed by atoms with Gasteiger partial charge in [0.1, 0.15) is 0 Å². The van der Waals surface area contributed by atoms with Gasteiger partial charge in [0.05, 0.1) is 6.26 Å². The van der Waals surface area contributed by atoms with Crippen molar-refractivity contribution in [3.63, 3.8) is 0 Å². The lowest BCUT2D eigenvalue weighted by atomic mass is 10.1. The highest BCUT2D eigenvalue weighted by Gasteiger charge is 2.14. The Morgan fingerprint density at radius 3 is 2.78 bits per heavy atom. The van der Waals surface area contributed by atoms with E-state index in [-0.39, 0.29) is 11.8 Å². The van der Waals surface area contributed by atoms with Crippen LogP contribution >= 0.6 is 0 Å². The van der Waals surface area contributed by atoms with Gasteiger partial charge in [0.2, 0.25) is 11.8 Å². The number of carbonyl (C=O) groups excluding carboxylic acids is 1. The number of furan rings is 1. The third kappa shape index (κ3) is 3.31. The molecule has 0 spiro atoms. The number of amides is 1. The molecule has 2 aromatic heterocycles. The van der Waals surface area contributed by atoms with Crippen molar-refractivity contribution in [3.8, 4) is 23.1 Å². The molecule has 6 nitrogen and oxygen atoms in total. The highest BCUT2D eigenvalue weighted by atomic mass is 16.4. The Morgan fingerprint density at radius 1 is 1.22 bits per heavy atom. The van der Waals surface area contributed by atoms with Crippen LogP contribution in [0, 0.1) is 5.92 Å². The van der Waals surface area contributed by atoms with E-state index in [9.17, 15) is 4.79 Å². The maximum atomic E-state index is 12.0. The Hall–Kier alpha value is -2.89. The van der Waals surface area contributed by atoms with Crippen molar-refractivity contribution in [2.24, 2.45) is 5.92 Å². The molecule has 1 unspecified atom stereocenters. The fourth-order valence-corrected chi connectivity index (χ4v) is 2.02. The first-order valence-corrected chi connectivity index (χ1v) is 7.46. The summed E-state index contributed by atoms with van der Waals surface area (Å²) in [5.41, 5.74) is 1.43. The Labute approximate surface area is 133 Å². The standard InChI is InChI=1S/C17H17N3O3/c1-3-11(2)15(21)18-13-7-4-6-12(10-13)16-19-20-17(23-16)14-8-5-9-22-14/h4-11H,3H2,1-2H3,(H,18,21). The van der Waals surface area contributed by atoms with Gasteiger partial charge in [0, 0.05) is 17.2 Å². The third-order valence-electron chi connectivity index (χ3n) is 3.59. The van der Waals surface area contributed by atoms with Crippen LogP contribution in [0.15, 0.2) is 51.5 Å². The van der Waals surface area contributed by atoms with Gasteiger partial charge in [-0.2, -0.15) is 0 Å². The second-order valence-electron chi connectivity index (χ2n) is 5.27. The molecular formula is C17H17N3O3. The highest BCUT2D eigenvalue weighted by molar-refractivity contribution is 5.92. The van der Waals surface area contributed by atoms with Gasteiger partial charge in [-0.1, -0.05) is 19.9 Å². The number of aromatic nitrogens is 2. The summed E-state index contributed by atoms with van der Waals surface area (Å²) in [6, 6.07) is 10.8. The van der Waals surface area contributed by atoms with Gasteiger partial charge >= 0.3 is 0 Å². The zero-order valence-corrected chi connectivity index (χ0v) is 12.9. The van der Waals surface area contributed by atoms with E-state index in [0.717, 1.165) is 12.0 Å². The maximum Gasteiger partial charge on any atom is 0.283 e. The van der Waals surface area contributed by atoms with Crippen LogP contribution in [-0.4, -0.2) is 16.1 Å². The van der Waals surface area contributed by atoms with Crippen molar-refractivity contribution in [2.45, 2.75) is 20.3 Å². The largest absolute Gasteiger partial charge is 0.459 e. The molecule has 1 amide bonds. The summed E-state index contributed by atoms with van der Waals surface area (Å²) in [6.07, 6.45) is 2.34. The van der Waals surface area contributed by atoms with Crippen molar-refractivity contribution in [1.82, 2.24) is 10.2 Å². The van der Waals surface area contributed by atoms with E-state index in [1.165, 1.54) is 0 Å². The van der Waals surface area contributed by atoms with Gasteiger partial charge in [-0.15, -0.1) is 10.2 Å². The van der Waals surface area contributed by atoms with E-state index in [4.69, 9.17) is 8.83 Å². The van der Waals surface area contributed by atoms with Gasteiger partial charge in [0.25, 0.3) is 5.89 Å². The average molecular weight is 311 g/mol. The summed E-state index contributed by atoms with van der Waals surface area (Å²) in [6.45, 7) is 3.88. The molecule has 0 aliphatic heterocycles. The van der Waals surface area contributed by atoms with Crippen molar-refractivity contribution >= 4 is 11.6 Å². The smallest absolute Gasteiger partial charge is 0.283 e. The molecule has 0 bridgehead atoms. The Bertz CT molecular complexity index is 793. The predicted octanol–water partition coefficient (Wildman–Crippen LogP) is 3.98. The SMILES string of the molecule is CCC(C)C(=O)Nc1cccc(-c2nnc(-c3ccco3)o2)c1. The van der Waals surface area contributed by atoms with Gasteiger partial charge in [0.15, 0.2) is 5.76 Å². The molecule has 0 aliphatic rings. The molecule has 118 valence electrons. The second-order valence-corrected chi connectivity index (χ2v) is 5.27. The second kappa shape index (κ2) is 6.48. The molecule has 0 saturated carbocycles. The van der Waals surface area contributed by atoms with Crippen LogP contribution in [0.25, 0.3) is 23.1 Å². The number of rotatable bonds is 5. The Kier molecular flexibility index (Phi) is 4.23. The minimum atomic E-state index is -0.0346. The molecule has 1 N–H and O–H groups in total. The molecule has 0 radical (unpaired) electrons. The number of anilines is 1. The Morgan fingerprint density at radius 2 is 2.04 bits per heavy atom. The zero-order chi connectivity index (χ0) is 16.2. The number of hydrogen-bond acceptors (Lipinski definition) is 5. The highest BCUT2D eigenvalue weighted by Crippen LogP contribution is 2.26. The fraction of sp³-hybridized carbons (Fsp3) is 0.235. The van der Waals surface area contributed by atoms with E-state index < -0.39 is 0 Å². The molecule has 0 saturated heterocycles. The predicted molar refractivity (Wildman–Crippen MR) is 85.5 cm³/mol. The van der Waals surface area contributed by atoms with Gasteiger partial charge in [-0.25, -0.2) is 0 Å². The minimum Gasteiger partial charge on any atom is -0.459 e. The molecule has 6 heteroatoms. The molecule has 1 aromatic carbocycles. The van der Waals surface area contributed by atoms with Gasteiger partial charge in [-0.3, -0.25) is 4.79 Å². The summed E-state index contributed by atoms with van der Waals surface area (Å²) < 4.78 is 10.8. The van der Waals surface area contributed by atoms with Crippen LogP contribution in [0.2, 0.25) is 0 Å². The van der Waals surface area contributed by atoms with Crippen LogP contribution < -0.4 is 5.32 Å². The van der Waals surface area contributed by atoms with Gasteiger partial charge < -0.3 is 14.2 Å². The number of nitrogens with zero attached hydrogens (tertiary/aromatic N) is 2. The summed E-state index contributed by atoms with van der Waals surface area (Å²) >= 11 is 0. The number of benzene rings is 1. The molecule has 0 fully saturated rings. The fourth-order valence-electron chi connectivity index (χ4n) is 2.02. The minimum absolute atomic E-state index is 0.00791. The molecule has 23 heavy (non-hydrogen) atoms. The van der Waals surface area contributed by atoms with Crippen molar-refractivity contribution in [1.29, 1.82) is 0 Å². The lowest BCUT2D eigenvalue weighted by molar-refractivity contribution is -0.119. The molecule has 0 aliphatic carbocycles. The van der Waals surface area contributed by atoms with Crippen molar-refractivity contribution in [2.75, 3.05) is 5.32 Å². The molecule has 1 atom stereocenters. The molecule has 2 heterocycles. The molecular weight excluding hydrogens is 294 g/mol. The molecule has 3 aromatic rings. The van der Waals surface area contributed by atoms with E-state index in [0.29, 0.717) is 23.2 Å². The maximum absolute atomic E-state index is 12.0. The van der Waals surface area contributed by atoms with Crippen LogP contribution in [-0.2, 0) is 4.79 Å². The summed E-state index contributed by atoms with van der Waals surface area (Å²) in [5, 5.41) is 10.9. The van der Waals surface area contributed by atoms with Crippen LogP contribution in [0.4, 0.5) is 5.69 Å². The third-order valence-corrected chi connectivity index (χ3v) is 3.59. The first kappa shape index (κ1) is 15.0. The summed E-state index contributed by atoms with van der Waals surface area (Å²) in [4.78, 5) is 12.0. The van der Waals surface area contributed by atoms with E-state index >= 15 is 0 Å². The summed E-state index contributed by atoms with van der Waals surface area (Å²) in [5.74, 6) is 1.17. The number of nitrogens with one attached hydrogen (secondary N) is 1. The van der Waals surface area contributed by atoms with E-state index in [1.54, 1.807) is 24.5 Å². The normalized spacial score (nSPS) is 12.1. The van der Waals surface area contributed by atoms with Crippen LogP contribution in [0.3, 0.4) is 0 Å². The van der Waals surface area contributed by atoms with E-state index in [1.807, 2.05) is 32.0 Å². The lowest BCUT2D eigenvalue weighted by Gasteiger charge is -2.10. The quantitative estimate of drug-likeness (QED) is 0.770. The number of hydrogen-bond donors (Lipinski definition) is 1. The van der Waals surface area contributed by atoms with Crippen molar-refractivity contribution < 1.29 is 13.6 Å². The van der Waals surface area contributed by atoms with E-state index in [2.05, 4.69) is 15.5 Å². The van der Waals surface area contributed by atoms with Crippen molar-refractivity contribution in [3.05, 3.63) is 42.7 Å².